The van der Waals surface area contributed by atoms with E-state index in [1.54, 1.807) is 6.26 Å². The summed E-state index contributed by atoms with van der Waals surface area (Å²) in [6, 6.07) is 0. The van der Waals surface area contributed by atoms with E-state index in [1.807, 2.05) is 0 Å². The summed E-state index contributed by atoms with van der Waals surface area (Å²) in [6.07, 6.45) is 1.58. The summed E-state index contributed by atoms with van der Waals surface area (Å²) in [6.45, 7) is 0. The van der Waals surface area contributed by atoms with Crippen LogP contribution in [0.15, 0.2) is 0 Å². The smallest absolute Gasteiger partial charge is 0.796 e. The zero-order valence-electron chi connectivity index (χ0n) is 3.07. The van der Waals surface area contributed by atoms with Crippen LogP contribution in [0.2, 0.25) is 0 Å². The Morgan fingerprint density at radius 3 is 1.20 bits per heavy atom. The van der Waals surface area contributed by atoms with Gasteiger partial charge in [-0.15, -0.1) is 0 Å². The summed E-state index contributed by atoms with van der Waals surface area (Å²) < 4.78 is 0. The molecule has 0 aromatic carbocycles. The van der Waals surface area contributed by atoms with Crippen LogP contribution in [0.5, 0.6) is 0 Å². The van der Waals surface area contributed by atoms with Crippen LogP contribution >= 0.6 is 0 Å². The Labute approximate surface area is 59.9 Å². The van der Waals surface area contributed by atoms with E-state index in [9.17, 15) is 0 Å². The fourth-order valence-corrected chi connectivity index (χ4v) is 0. The molecule has 0 aromatic heterocycles. The molecule has 0 bridgehead atoms. The Morgan fingerprint density at radius 2 is 1.20 bits per heavy atom. The first-order valence-electron chi connectivity index (χ1n) is 0.408. The quantitative estimate of drug-likeness (QED) is 0.388. The predicted octanol–water partition coefficient (Wildman–Crippen LogP) is 0.608. The molecule has 0 rings (SSSR count). The Bertz CT molecular complexity index is 7.61. The van der Waals surface area contributed by atoms with Gasteiger partial charge in [-0.05, 0) is 0 Å². The van der Waals surface area contributed by atoms with Gasteiger partial charge in [0.05, 0.1) is 0 Å². The van der Waals surface area contributed by atoms with Crippen molar-refractivity contribution in [2.24, 2.45) is 0 Å². The fraction of sp³-hybridized carbons (Fsp3) is 0.500. The Hall–Kier alpha value is 1.36. The number of hydrogen-bond acceptors (Lipinski definition) is 1. The van der Waals surface area contributed by atoms with E-state index in [2.05, 4.69) is 12.6 Å². The third-order valence-corrected chi connectivity index (χ3v) is 0. The molecular formula is C2H6Co2S. The topological polar surface area (TPSA) is 0 Å². The zero-order chi connectivity index (χ0) is 2.00. The second-order valence-electron chi connectivity index (χ2n) is 0. The number of rotatable bonds is 0. The van der Waals surface area contributed by atoms with Crippen molar-refractivity contribution < 1.29 is 33.6 Å². The molecule has 0 saturated heterocycles. The number of hydrogen-bond donors (Lipinski definition) is 0. The summed E-state index contributed by atoms with van der Waals surface area (Å²) in [4.78, 5) is 0. The first-order valence-corrected chi connectivity index (χ1v) is 1.22. The van der Waals surface area contributed by atoms with Gasteiger partial charge in [-0.2, -0.15) is 6.26 Å². The standard InChI is InChI=1S/CH4S.CH3.2Co/c1-2;;;/h2H,1H3;1H3;;/q;-1;;+2/p-1. The molecule has 0 nitrogen and oxygen atoms in total. The molecular weight excluding hydrogens is 174 g/mol. The molecule has 0 spiro atoms. The molecule has 0 fully saturated rings. The molecule has 0 N–H and O–H groups in total. The second-order valence-corrected chi connectivity index (χ2v) is 0. The van der Waals surface area contributed by atoms with E-state index < -0.39 is 0 Å². The first kappa shape index (κ1) is 32.8. The van der Waals surface area contributed by atoms with Gasteiger partial charge < -0.3 is 20.1 Å². The van der Waals surface area contributed by atoms with Crippen molar-refractivity contribution >= 4 is 12.6 Å². The van der Waals surface area contributed by atoms with Crippen LogP contribution in [-0.4, -0.2) is 6.26 Å². The Balaban J connectivity index is -0.00000000167. The predicted molar refractivity (Wildman–Crippen MR) is 19.7 cm³/mol. The minimum atomic E-state index is 0. The molecule has 0 saturated carbocycles. The van der Waals surface area contributed by atoms with Gasteiger partial charge in [0.15, 0.2) is 0 Å². The molecule has 0 amide bonds. The fourth-order valence-electron chi connectivity index (χ4n) is 0. The third kappa shape index (κ3) is 32.6. The maximum atomic E-state index is 4.08. The maximum absolute atomic E-state index is 4.08. The van der Waals surface area contributed by atoms with Crippen molar-refractivity contribution in [1.82, 2.24) is 0 Å². The van der Waals surface area contributed by atoms with Crippen LogP contribution in [0.1, 0.15) is 0 Å². The Kier molecular flexibility index (Phi) is 360. The van der Waals surface area contributed by atoms with Crippen LogP contribution < -0.4 is 0 Å². The average Bonchev–Trinajstić information content (AvgIpc) is 1.00. The molecule has 2 radical (unpaired) electrons. The summed E-state index contributed by atoms with van der Waals surface area (Å²) in [7, 11) is 0. The van der Waals surface area contributed by atoms with Gasteiger partial charge in [-0.1, -0.05) is 0 Å². The SMILES string of the molecule is C[S-].[CH3-].[Co+2].[Co]. The zero-order valence-corrected chi connectivity index (χ0v) is 5.97. The van der Waals surface area contributed by atoms with Crippen LogP contribution in [-0.2, 0) is 46.2 Å². The van der Waals surface area contributed by atoms with E-state index in [0.29, 0.717) is 0 Å². The molecule has 0 aliphatic rings. The van der Waals surface area contributed by atoms with Gasteiger partial charge in [0, 0.05) is 16.8 Å². The van der Waals surface area contributed by atoms with Gasteiger partial charge in [0.2, 0.25) is 0 Å². The third-order valence-electron chi connectivity index (χ3n) is 0. The minimum Gasteiger partial charge on any atom is -0.796 e. The van der Waals surface area contributed by atoms with E-state index in [0.717, 1.165) is 0 Å². The van der Waals surface area contributed by atoms with Crippen molar-refractivity contribution in [3.8, 4) is 0 Å². The minimum absolute atomic E-state index is 0. The van der Waals surface area contributed by atoms with Gasteiger partial charge in [-0.25, -0.2) is 0 Å². The summed E-state index contributed by atoms with van der Waals surface area (Å²) >= 11 is 4.08. The normalized spacial score (nSPS) is 1.20. The summed E-state index contributed by atoms with van der Waals surface area (Å²) in [5.41, 5.74) is 0. The summed E-state index contributed by atoms with van der Waals surface area (Å²) in [5, 5.41) is 0. The van der Waals surface area contributed by atoms with Crippen LogP contribution in [0.25, 0.3) is 0 Å². The molecule has 0 heterocycles. The van der Waals surface area contributed by atoms with E-state index in [4.69, 9.17) is 0 Å². The van der Waals surface area contributed by atoms with Crippen molar-refractivity contribution in [2.45, 2.75) is 0 Å². The largest absolute Gasteiger partial charge is 2.00 e. The molecule has 0 aromatic rings. The molecule has 3 heteroatoms. The van der Waals surface area contributed by atoms with Crippen molar-refractivity contribution in [3.05, 3.63) is 7.43 Å². The molecule has 5 heavy (non-hydrogen) atoms. The summed E-state index contributed by atoms with van der Waals surface area (Å²) in [5.74, 6) is 0. The first-order chi connectivity index (χ1) is 1.00. The van der Waals surface area contributed by atoms with Gasteiger partial charge in [0.25, 0.3) is 0 Å². The second kappa shape index (κ2) is 55.0. The molecule has 0 unspecified atom stereocenters. The van der Waals surface area contributed by atoms with Crippen LogP contribution in [0.3, 0.4) is 0 Å². The molecule has 0 aliphatic carbocycles. The van der Waals surface area contributed by atoms with Gasteiger partial charge in [0.1, 0.15) is 0 Å². The van der Waals surface area contributed by atoms with Crippen LogP contribution in [0.4, 0.5) is 0 Å². The molecule has 38 valence electrons. The maximum Gasteiger partial charge on any atom is 2.00 e. The van der Waals surface area contributed by atoms with Crippen LogP contribution in [0, 0.1) is 7.43 Å². The molecule has 0 atom stereocenters. The van der Waals surface area contributed by atoms with Gasteiger partial charge in [-0.3, -0.25) is 0 Å². The van der Waals surface area contributed by atoms with Crippen molar-refractivity contribution in [1.29, 1.82) is 0 Å². The van der Waals surface area contributed by atoms with Gasteiger partial charge >= 0.3 is 16.8 Å². The monoisotopic (exact) mass is 180 g/mol. The van der Waals surface area contributed by atoms with Crippen molar-refractivity contribution in [2.75, 3.05) is 6.26 Å². The van der Waals surface area contributed by atoms with E-state index >= 15 is 0 Å². The Morgan fingerprint density at radius 1 is 1.20 bits per heavy atom. The van der Waals surface area contributed by atoms with E-state index in [-0.39, 0.29) is 41.0 Å². The molecule has 0 aliphatic heterocycles. The van der Waals surface area contributed by atoms with E-state index in [1.165, 1.54) is 0 Å². The van der Waals surface area contributed by atoms with Crippen molar-refractivity contribution in [3.63, 3.8) is 0 Å². The average molecular weight is 180 g/mol.